The van der Waals surface area contributed by atoms with E-state index in [9.17, 15) is 4.79 Å². The maximum atomic E-state index is 11.5. The second kappa shape index (κ2) is 5.68. The lowest BCUT2D eigenvalue weighted by Gasteiger charge is -2.28. The first kappa shape index (κ1) is 12.6. The van der Waals surface area contributed by atoms with Crippen molar-refractivity contribution in [2.45, 2.75) is 0 Å². The second-order valence-corrected chi connectivity index (χ2v) is 3.95. The van der Waals surface area contributed by atoms with Crippen molar-refractivity contribution in [2.24, 2.45) is 0 Å². The van der Waals surface area contributed by atoms with E-state index >= 15 is 0 Å². The van der Waals surface area contributed by atoms with E-state index in [0.717, 1.165) is 32.0 Å². The van der Waals surface area contributed by atoms with Crippen LogP contribution in [0.25, 0.3) is 0 Å². The van der Waals surface area contributed by atoms with Crippen LogP contribution in [0.15, 0.2) is 12.1 Å². The standard InChI is InChI=1S/C12H17N3O3/c1-17-11-9(12(16)18-2)3-4-10(14-11)15-7-5-13-6-8-15/h3-4,13H,5-8H2,1-2H3. The molecule has 0 aromatic carbocycles. The topological polar surface area (TPSA) is 63.7 Å². The quantitative estimate of drug-likeness (QED) is 0.779. The Morgan fingerprint density at radius 3 is 2.67 bits per heavy atom. The molecular formula is C12H17N3O3. The Balaban J connectivity index is 2.26. The molecule has 0 spiro atoms. The zero-order valence-corrected chi connectivity index (χ0v) is 10.6. The number of hydrogen-bond donors (Lipinski definition) is 1. The summed E-state index contributed by atoms with van der Waals surface area (Å²) in [4.78, 5) is 18.0. The Hall–Kier alpha value is -1.82. The van der Waals surface area contributed by atoms with E-state index < -0.39 is 5.97 Å². The molecule has 1 aromatic heterocycles. The number of rotatable bonds is 3. The van der Waals surface area contributed by atoms with Crippen molar-refractivity contribution in [3.8, 4) is 5.88 Å². The van der Waals surface area contributed by atoms with Crippen LogP contribution in [0.1, 0.15) is 10.4 Å². The van der Waals surface area contributed by atoms with Crippen molar-refractivity contribution in [2.75, 3.05) is 45.3 Å². The number of aromatic nitrogens is 1. The molecule has 1 aliphatic rings. The third-order valence-electron chi connectivity index (χ3n) is 2.89. The van der Waals surface area contributed by atoms with Gasteiger partial charge in [0.1, 0.15) is 11.4 Å². The van der Waals surface area contributed by atoms with Gasteiger partial charge in [0.15, 0.2) is 0 Å². The summed E-state index contributed by atoms with van der Waals surface area (Å²) in [7, 11) is 2.84. The second-order valence-electron chi connectivity index (χ2n) is 3.95. The fraction of sp³-hybridized carbons (Fsp3) is 0.500. The van der Waals surface area contributed by atoms with Crippen LogP contribution in [0, 0.1) is 0 Å². The van der Waals surface area contributed by atoms with Crippen LogP contribution in [0.4, 0.5) is 5.82 Å². The first-order valence-electron chi connectivity index (χ1n) is 5.85. The SMILES string of the molecule is COC(=O)c1ccc(N2CCNCC2)nc1OC. The molecule has 1 saturated heterocycles. The molecule has 0 bridgehead atoms. The maximum absolute atomic E-state index is 11.5. The van der Waals surface area contributed by atoms with E-state index in [-0.39, 0.29) is 0 Å². The molecule has 6 heteroatoms. The van der Waals surface area contributed by atoms with E-state index in [4.69, 9.17) is 4.74 Å². The molecule has 1 N–H and O–H groups in total. The van der Waals surface area contributed by atoms with Crippen LogP contribution in [-0.2, 0) is 4.74 Å². The van der Waals surface area contributed by atoms with Gasteiger partial charge in [-0.3, -0.25) is 0 Å². The molecule has 1 aliphatic heterocycles. The number of carbonyl (C=O) groups is 1. The molecule has 18 heavy (non-hydrogen) atoms. The van der Waals surface area contributed by atoms with Gasteiger partial charge in [0.25, 0.3) is 0 Å². The number of carbonyl (C=O) groups excluding carboxylic acids is 1. The Kier molecular flexibility index (Phi) is 3.99. The van der Waals surface area contributed by atoms with Crippen molar-refractivity contribution in [1.82, 2.24) is 10.3 Å². The number of pyridine rings is 1. The van der Waals surface area contributed by atoms with Crippen molar-refractivity contribution >= 4 is 11.8 Å². The van der Waals surface area contributed by atoms with Gasteiger partial charge in [-0.1, -0.05) is 0 Å². The number of nitrogens with one attached hydrogen (secondary N) is 1. The molecule has 0 amide bonds. The van der Waals surface area contributed by atoms with Crippen molar-refractivity contribution in [3.05, 3.63) is 17.7 Å². The fourth-order valence-corrected chi connectivity index (χ4v) is 1.92. The van der Waals surface area contributed by atoms with Crippen LogP contribution in [0.5, 0.6) is 5.88 Å². The lowest BCUT2D eigenvalue weighted by atomic mass is 10.2. The number of nitrogens with zero attached hydrogens (tertiary/aromatic N) is 2. The Bertz CT molecular complexity index is 431. The smallest absolute Gasteiger partial charge is 0.343 e. The Morgan fingerprint density at radius 2 is 2.06 bits per heavy atom. The molecule has 0 radical (unpaired) electrons. The molecule has 0 aliphatic carbocycles. The monoisotopic (exact) mass is 251 g/mol. The van der Waals surface area contributed by atoms with E-state index in [0.29, 0.717) is 11.4 Å². The normalized spacial score (nSPS) is 15.3. The molecule has 2 rings (SSSR count). The molecule has 98 valence electrons. The zero-order valence-electron chi connectivity index (χ0n) is 10.6. The van der Waals surface area contributed by atoms with Gasteiger partial charge in [-0.05, 0) is 12.1 Å². The molecule has 1 fully saturated rings. The van der Waals surface area contributed by atoms with E-state index in [1.807, 2.05) is 6.07 Å². The Morgan fingerprint density at radius 1 is 1.33 bits per heavy atom. The number of ether oxygens (including phenoxy) is 2. The molecule has 2 heterocycles. The summed E-state index contributed by atoms with van der Waals surface area (Å²) in [6, 6.07) is 3.51. The van der Waals surface area contributed by atoms with Crippen LogP contribution in [0.2, 0.25) is 0 Å². The summed E-state index contributed by atoms with van der Waals surface area (Å²) in [6.07, 6.45) is 0. The summed E-state index contributed by atoms with van der Waals surface area (Å²) in [5.41, 5.74) is 0.346. The minimum atomic E-state index is -0.439. The van der Waals surface area contributed by atoms with Crippen molar-refractivity contribution in [1.29, 1.82) is 0 Å². The van der Waals surface area contributed by atoms with Gasteiger partial charge in [0.2, 0.25) is 5.88 Å². The lowest BCUT2D eigenvalue weighted by Crippen LogP contribution is -2.43. The number of anilines is 1. The predicted molar refractivity (Wildman–Crippen MR) is 67.2 cm³/mol. The van der Waals surface area contributed by atoms with Gasteiger partial charge in [0.05, 0.1) is 14.2 Å². The fourth-order valence-electron chi connectivity index (χ4n) is 1.92. The molecule has 0 atom stereocenters. The highest BCUT2D eigenvalue weighted by Crippen LogP contribution is 2.21. The molecule has 0 saturated carbocycles. The van der Waals surface area contributed by atoms with Crippen molar-refractivity contribution < 1.29 is 14.3 Å². The Labute approximate surface area is 106 Å². The van der Waals surface area contributed by atoms with Crippen molar-refractivity contribution in [3.63, 3.8) is 0 Å². The largest absolute Gasteiger partial charge is 0.480 e. The summed E-state index contributed by atoms with van der Waals surface area (Å²) in [5.74, 6) is 0.685. The summed E-state index contributed by atoms with van der Waals surface area (Å²) in [6.45, 7) is 3.66. The van der Waals surface area contributed by atoms with Gasteiger partial charge in [-0.15, -0.1) is 0 Å². The first-order valence-corrected chi connectivity index (χ1v) is 5.85. The molecular weight excluding hydrogens is 234 g/mol. The van der Waals surface area contributed by atoms with Crippen LogP contribution in [0.3, 0.4) is 0 Å². The average molecular weight is 251 g/mol. The average Bonchev–Trinajstić information content (AvgIpc) is 2.46. The van der Waals surface area contributed by atoms with E-state index in [1.165, 1.54) is 14.2 Å². The highest BCUT2D eigenvalue weighted by Gasteiger charge is 2.18. The minimum absolute atomic E-state index is 0.304. The number of methoxy groups -OCH3 is 2. The molecule has 6 nitrogen and oxygen atoms in total. The predicted octanol–water partition coefficient (Wildman–Crippen LogP) is 0.286. The van der Waals surface area contributed by atoms with Crippen LogP contribution >= 0.6 is 0 Å². The van der Waals surface area contributed by atoms with Gasteiger partial charge in [0, 0.05) is 26.2 Å². The summed E-state index contributed by atoms with van der Waals surface area (Å²) >= 11 is 0. The molecule has 1 aromatic rings. The van der Waals surface area contributed by atoms with E-state index in [1.54, 1.807) is 6.07 Å². The zero-order chi connectivity index (χ0) is 13.0. The number of piperazine rings is 1. The minimum Gasteiger partial charge on any atom is -0.480 e. The molecule has 0 unspecified atom stereocenters. The first-order chi connectivity index (χ1) is 8.76. The van der Waals surface area contributed by atoms with Crippen LogP contribution < -0.4 is 15.0 Å². The van der Waals surface area contributed by atoms with E-state index in [2.05, 4.69) is 19.9 Å². The number of esters is 1. The van der Waals surface area contributed by atoms with Gasteiger partial charge in [-0.2, -0.15) is 4.98 Å². The third kappa shape index (κ3) is 2.53. The maximum Gasteiger partial charge on any atom is 0.343 e. The van der Waals surface area contributed by atoms with Crippen LogP contribution in [-0.4, -0.2) is 51.4 Å². The number of hydrogen-bond acceptors (Lipinski definition) is 6. The summed E-state index contributed by atoms with van der Waals surface area (Å²) in [5, 5.41) is 3.28. The summed E-state index contributed by atoms with van der Waals surface area (Å²) < 4.78 is 9.83. The highest BCUT2D eigenvalue weighted by molar-refractivity contribution is 5.92. The highest BCUT2D eigenvalue weighted by atomic mass is 16.5. The lowest BCUT2D eigenvalue weighted by molar-refractivity contribution is 0.0596. The van der Waals surface area contributed by atoms with Gasteiger partial charge >= 0.3 is 5.97 Å². The third-order valence-corrected chi connectivity index (χ3v) is 2.89. The van der Waals surface area contributed by atoms with Gasteiger partial charge < -0.3 is 19.7 Å². The van der Waals surface area contributed by atoms with Gasteiger partial charge in [-0.25, -0.2) is 4.79 Å².